The highest BCUT2D eigenvalue weighted by atomic mass is 79.9. The summed E-state index contributed by atoms with van der Waals surface area (Å²) in [7, 11) is 0. The van der Waals surface area contributed by atoms with E-state index in [4.69, 9.17) is 4.98 Å². The minimum atomic E-state index is 0.919. The van der Waals surface area contributed by atoms with Gasteiger partial charge in [0.05, 0.1) is 11.0 Å². The summed E-state index contributed by atoms with van der Waals surface area (Å²) in [5.41, 5.74) is 9.94. The first-order chi connectivity index (χ1) is 24.2. The van der Waals surface area contributed by atoms with Crippen molar-refractivity contribution in [2.24, 2.45) is 0 Å². The van der Waals surface area contributed by atoms with Gasteiger partial charge in [-0.3, -0.25) is 4.57 Å². The predicted molar refractivity (Wildman–Crippen MR) is 209 cm³/mol. The number of hydrogen-bond donors (Lipinski definition) is 0. The number of anilines is 3. The molecule has 3 nitrogen and oxygen atoms in total. The monoisotopic (exact) mass is 691 g/mol. The van der Waals surface area contributed by atoms with Gasteiger partial charge < -0.3 is 4.90 Å². The van der Waals surface area contributed by atoms with Crippen LogP contribution in [0.25, 0.3) is 60.8 Å². The summed E-state index contributed by atoms with van der Waals surface area (Å²) in [6, 6.07) is 64.4. The first kappa shape index (κ1) is 29.2. The standard InChI is InChI=1S/C45H30BrN3/c46-34-25-29-38(30-26-34)49-44-42-18-10-8-16-40(42)39-15-7-9-17-41(39)43(44)47-45(49)33-21-19-31(20-22-33)32-23-27-37(28-24-32)48(35-11-3-1-4-12-35)36-13-5-2-6-14-36/h1-30H. The van der Waals surface area contributed by atoms with Crippen LogP contribution in [0.1, 0.15) is 0 Å². The van der Waals surface area contributed by atoms with Crippen LogP contribution in [0.15, 0.2) is 186 Å². The third-order valence-corrected chi connectivity index (χ3v) is 9.78. The average molecular weight is 693 g/mol. The second-order valence-corrected chi connectivity index (χ2v) is 13.1. The molecule has 0 N–H and O–H groups in total. The summed E-state index contributed by atoms with van der Waals surface area (Å²) in [4.78, 5) is 7.68. The van der Waals surface area contributed by atoms with Crippen LogP contribution in [-0.2, 0) is 0 Å². The Kier molecular flexibility index (Phi) is 7.29. The summed E-state index contributed by atoms with van der Waals surface area (Å²) >= 11 is 3.63. The minimum absolute atomic E-state index is 0.919. The maximum absolute atomic E-state index is 5.40. The maximum atomic E-state index is 5.40. The first-order valence-electron chi connectivity index (χ1n) is 16.4. The number of para-hydroxylation sites is 2. The van der Waals surface area contributed by atoms with Gasteiger partial charge in [0.15, 0.2) is 0 Å². The number of halogens is 1. The SMILES string of the molecule is Brc1ccc(-n2c(-c3ccc(-c4ccc(N(c5ccccc5)c5ccccc5)cc4)cc3)nc3c4ccccc4c4ccccc4c32)cc1. The summed E-state index contributed by atoms with van der Waals surface area (Å²) in [5, 5.41) is 4.79. The van der Waals surface area contributed by atoms with Gasteiger partial charge in [0, 0.05) is 43.6 Å². The van der Waals surface area contributed by atoms with Gasteiger partial charge in [-0.1, -0.05) is 137 Å². The average Bonchev–Trinajstić information content (AvgIpc) is 3.58. The quantitative estimate of drug-likeness (QED) is 0.162. The largest absolute Gasteiger partial charge is 0.311 e. The number of fused-ring (bicyclic) bond motifs is 6. The maximum Gasteiger partial charge on any atom is 0.145 e. The lowest BCUT2D eigenvalue weighted by Crippen LogP contribution is -2.09. The molecule has 0 amide bonds. The van der Waals surface area contributed by atoms with E-state index in [9.17, 15) is 0 Å². The molecule has 232 valence electrons. The normalized spacial score (nSPS) is 11.4. The fraction of sp³-hybridized carbons (Fsp3) is 0. The van der Waals surface area contributed by atoms with E-state index in [0.29, 0.717) is 0 Å². The molecule has 49 heavy (non-hydrogen) atoms. The summed E-state index contributed by atoms with van der Waals surface area (Å²) in [5.74, 6) is 0.919. The smallest absolute Gasteiger partial charge is 0.145 e. The van der Waals surface area contributed by atoms with E-state index in [2.05, 4.69) is 207 Å². The molecule has 9 aromatic rings. The van der Waals surface area contributed by atoms with Crippen molar-refractivity contribution >= 4 is 65.6 Å². The van der Waals surface area contributed by atoms with Crippen LogP contribution in [0.3, 0.4) is 0 Å². The van der Waals surface area contributed by atoms with E-state index >= 15 is 0 Å². The van der Waals surface area contributed by atoms with Crippen LogP contribution >= 0.6 is 15.9 Å². The summed E-state index contributed by atoms with van der Waals surface area (Å²) in [6.45, 7) is 0. The molecule has 1 aromatic heterocycles. The van der Waals surface area contributed by atoms with Gasteiger partial charge in [0.2, 0.25) is 0 Å². The first-order valence-corrected chi connectivity index (χ1v) is 17.2. The number of nitrogens with zero attached hydrogens (tertiary/aromatic N) is 3. The van der Waals surface area contributed by atoms with E-state index in [-0.39, 0.29) is 0 Å². The number of imidazole rings is 1. The van der Waals surface area contributed by atoms with Gasteiger partial charge in [-0.05, 0) is 82.6 Å². The lowest BCUT2D eigenvalue weighted by molar-refractivity contribution is 1.10. The lowest BCUT2D eigenvalue weighted by Gasteiger charge is -2.25. The van der Waals surface area contributed by atoms with Crippen molar-refractivity contribution in [3.63, 3.8) is 0 Å². The number of rotatable bonds is 6. The zero-order valence-corrected chi connectivity index (χ0v) is 28.1. The molecule has 0 radical (unpaired) electrons. The van der Waals surface area contributed by atoms with Gasteiger partial charge in [0.25, 0.3) is 0 Å². The molecule has 0 spiro atoms. The minimum Gasteiger partial charge on any atom is -0.311 e. The molecule has 0 unspecified atom stereocenters. The Balaban J connectivity index is 1.15. The molecule has 9 rings (SSSR count). The van der Waals surface area contributed by atoms with Crippen LogP contribution in [0.5, 0.6) is 0 Å². The number of hydrogen-bond acceptors (Lipinski definition) is 2. The van der Waals surface area contributed by atoms with Gasteiger partial charge in [-0.2, -0.15) is 0 Å². The molecule has 0 atom stereocenters. The second kappa shape index (κ2) is 12.2. The third kappa shape index (κ3) is 5.18. The van der Waals surface area contributed by atoms with Crippen molar-refractivity contribution in [1.82, 2.24) is 9.55 Å². The highest BCUT2D eigenvalue weighted by molar-refractivity contribution is 9.10. The predicted octanol–water partition coefficient (Wildman–Crippen LogP) is 12.9. The Bertz CT molecular complexity index is 2530. The van der Waals surface area contributed by atoms with Crippen molar-refractivity contribution in [2.75, 3.05) is 4.90 Å². The third-order valence-electron chi connectivity index (χ3n) is 9.25. The zero-order chi connectivity index (χ0) is 32.7. The van der Waals surface area contributed by atoms with Crippen molar-refractivity contribution in [3.05, 3.63) is 186 Å². The van der Waals surface area contributed by atoms with Crippen LogP contribution in [0.2, 0.25) is 0 Å². The van der Waals surface area contributed by atoms with Gasteiger partial charge >= 0.3 is 0 Å². The molecule has 0 saturated heterocycles. The Labute approximate surface area is 293 Å². The van der Waals surface area contributed by atoms with E-state index in [0.717, 1.165) is 66.2 Å². The zero-order valence-electron chi connectivity index (χ0n) is 26.5. The van der Waals surface area contributed by atoms with Crippen LogP contribution < -0.4 is 4.90 Å². The molecule has 1 heterocycles. The van der Waals surface area contributed by atoms with Crippen molar-refractivity contribution in [1.29, 1.82) is 0 Å². The fourth-order valence-electron chi connectivity index (χ4n) is 6.96. The highest BCUT2D eigenvalue weighted by Crippen LogP contribution is 2.40. The van der Waals surface area contributed by atoms with Gasteiger partial charge in [-0.15, -0.1) is 0 Å². The fourth-order valence-corrected chi connectivity index (χ4v) is 7.22. The molecule has 0 bridgehead atoms. The molecular formula is C45H30BrN3. The Hall–Kier alpha value is -5.97. The van der Waals surface area contributed by atoms with E-state index < -0.39 is 0 Å². The Morgan fingerprint density at radius 1 is 0.408 bits per heavy atom. The van der Waals surface area contributed by atoms with Crippen LogP contribution in [-0.4, -0.2) is 9.55 Å². The molecule has 0 aliphatic heterocycles. The topological polar surface area (TPSA) is 21.1 Å². The van der Waals surface area contributed by atoms with Crippen molar-refractivity contribution < 1.29 is 0 Å². The molecule has 0 aliphatic carbocycles. The van der Waals surface area contributed by atoms with Crippen LogP contribution in [0, 0.1) is 0 Å². The van der Waals surface area contributed by atoms with E-state index in [1.54, 1.807) is 0 Å². The Morgan fingerprint density at radius 2 is 0.857 bits per heavy atom. The second-order valence-electron chi connectivity index (χ2n) is 12.2. The number of benzene rings is 8. The van der Waals surface area contributed by atoms with Crippen LogP contribution in [0.4, 0.5) is 17.1 Å². The van der Waals surface area contributed by atoms with E-state index in [1.807, 2.05) is 0 Å². The molecule has 0 fully saturated rings. The van der Waals surface area contributed by atoms with Crippen molar-refractivity contribution in [2.45, 2.75) is 0 Å². The highest BCUT2D eigenvalue weighted by Gasteiger charge is 2.20. The lowest BCUT2D eigenvalue weighted by atomic mass is 10.00. The molecule has 0 aliphatic rings. The summed E-state index contributed by atoms with van der Waals surface area (Å²) in [6.07, 6.45) is 0. The van der Waals surface area contributed by atoms with Gasteiger partial charge in [-0.25, -0.2) is 4.98 Å². The van der Waals surface area contributed by atoms with E-state index in [1.165, 1.54) is 16.2 Å². The molecule has 4 heteroatoms. The summed E-state index contributed by atoms with van der Waals surface area (Å²) < 4.78 is 3.37. The molecular weight excluding hydrogens is 662 g/mol. The number of aromatic nitrogens is 2. The van der Waals surface area contributed by atoms with Gasteiger partial charge in [0.1, 0.15) is 5.82 Å². The Morgan fingerprint density at radius 3 is 1.45 bits per heavy atom. The van der Waals surface area contributed by atoms with Crippen molar-refractivity contribution in [3.8, 4) is 28.2 Å². The molecule has 0 saturated carbocycles. The molecule has 8 aromatic carbocycles.